The van der Waals surface area contributed by atoms with E-state index >= 15 is 0 Å². The summed E-state index contributed by atoms with van der Waals surface area (Å²) in [6.07, 6.45) is -1.13. The van der Waals surface area contributed by atoms with E-state index in [-0.39, 0.29) is 24.3 Å². The molecule has 2 heterocycles. The summed E-state index contributed by atoms with van der Waals surface area (Å²) in [7, 11) is 5.21. The van der Waals surface area contributed by atoms with Gasteiger partial charge in [-0.15, -0.1) is 0 Å². The minimum Gasteiger partial charge on any atom is -0.394 e. The molecule has 8 heteroatoms. The number of hydrogen-bond acceptors (Lipinski definition) is 5. The lowest BCUT2D eigenvalue weighted by atomic mass is 9.96. The zero-order valence-corrected chi connectivity index (χ0v) is 25.6. The Morgan fingerprint density at radius 2 is 1.74 bits per heavy atom. The average molecular weight is 584 g/mol. The van der Waals surface area contributed by atoms with Crippen molar-refractivity contribution in [1.82, 2.24) is 14.4 Å². The molecule has 3 aromatic carbocycles. The molecule has 0 radical (unpaired) electrons. The molecule has 0 unspecified atom stereocenters. The number of aliphatic hydroxyl groups is 1. The molecule has 0 saturated carbocycles. The molecule has 0 saturated heterocycles. The molecule has 226 valence electrons. The third-order valence-corrected chi connectivity index (χ3v) is 8.62. The summed E-state index contributed by atoms with van der Waals surface area (Å²) < 4.78 is 14.2. The molecule has 0 fully saturated rings. The van der Waals surface area contributed by atoms with E-state index in [1.165, 1.54) is 7.11 Å². The Bertz CT molecular complexity index is 1580. The predicted octanol–water partition coefficient (Wildman–Crippen LogP) is 5.05. The topological polar surface area (TPSA) is 84.2 Å². The number of hydrogen-bond donors (Lipinski definition) is 1. The van der Waals surface area contributed by atoms with Gasteiger partial charge in [-0.2, -0.15) is 0 Å². The van der Waals surface area contributed by atoms with Crippen LogP contribution in [0.15, 0.2) is 78.9 Å². The number of methoxy groups -OCH3 is 1. The van der Waals surface area contributed by atoms with Crippen molar-refractivity contribution in [3.8, 4) is 11.1 Å². The summed E-state index contributed by atoms with van der Waals surface area (Å²) >= 11 is 0. The van der Waals surface area contributed by atoms with Gasteiger partial charge in [0, 0.05) is 56.7 Å². The van der Waals surface area contributed by atoms with Crippen LogP contribution in [-0.2, 0) is 27.9 Å². The van der Waals surface area contributed by atoms with Gasteiger partial charge >= 0.3 is 0 Å². The van der Waals surface area contributed by atoms with Gasteiger partial charge in [-0.1, -0.05) is 79.7 Å². The number of rotatable bonds is 7. The van der Waals surface area contributed by atoms with Crippen LogP contribution in [-0.4, -0.2) is 77.3 Å². The van der Waals surface area contributed by atoms with Crippen LogP contribution < -0.4 is 0 Å². The Morgan fingerprint density at radius 1 is 1.07 bits per heavy atom. The number of nitrogens with zero attached hydrogens (tertiary/aromatic N) is 3. The summed E-state index contributed by atoms with van der Waals surface area (Å²) in [5.74, 6) is -0.477. The molecule has 5 rings (SSSR count). The fourth-order valence-electron chi connectivity index (χ4n) is 6.09. The van der Waals surface area contributed by atoms with Crippen LogP contribution >= 0.6 is 0 Å². The molecule has 4 aromatic rings. The fraction of sp³-hybridized carbons (Fsp3) is 0.371. The lowest BCUT2D eigenvalue weighted by Gasteiger charge is -2.35. The van der Waals surface area contributed by atoms with Gasteiger partial charge in [0.2, 0.25) is 0 Å². The summed E-state index contributed by atoms with van der Waals surface area (Å²) in [6, 6.07) is 25.1. The van der Waals surface area contributed by atoms with Gasteiger partial charge < -0.3 is 28.9 Å². The minimum absolute atomic E-state index is 0.148. The maximum Gasteiger partial charge on any atom is 0.271 e. The van der Waals surface area contributed by atoms with Gasteiger partial charge in [-0.3, -0.25) is 9.59 Å². The second-order valence-corrected chi connectivity index (χ2v) is 11.5. The number of fused-ring (bicyclic) bond motifs is 5. The van der Waals surface area contributed by atoms with Gasteiger partial charge in [0.15, 0.2) is 6.10 Å². The summed E-state index contributed by atoms with van der Waals surface area (Å²) in [4.78, 5) is 31.5. The quantitative estimate of drug-likeness (QED) is 0.329. The van der Waals surface area contributed by atoms with Crippen LogP contribution in [0.5, 0.6) is 0 Å². The Labute approximate surface area is 253 Å². The minimum atomic E-state index is -0.736. The van der Waals surface area contributed by atoms with E-state index in [1.807, 2.05) is 104 Å². The Kier molecular flexibility index (Phi) is 9.30. The predicted molar refractivity (Wildman–Crippen MR) is 168 cm³/mol. The van der Waals surface area contributed by atoms with Crippen LogP contribution in [0.1, 0.15) is 41.6 Å². The second-order valence-electron chi connectivity index (χ2n) is 11.5. The number of aromatic nitrogens is 1. The number of aryl methyl sites for hydroxylation is 1. The molecule has 8 nitrogen and oxygen atoms in total. The van der Waals surface area contributed by atoms with E-state index in [2.05, 4.69) is 0 Å². The molecular weight excluding hydrogens is 542 g/mol. The number of ether oxygens (including phenoxy) is 2. The van der Waals surface area contributed by atoms with E-state index in [4.69, 9.17) is 9.47 Å². The first kappa shape index (κ1) is 30.5. The lowest BCUT2D eigenvalue weighted by Crippen LogP contribution is -2.48. The third kappa shape index (κ3) is 5.95. The summed E-state index contributed by atoms with van der Waals surface area (Å²) in [6.45, 7) is 4.67. The number of carbonyl (C=O) groups excluding carboxylic acids is 2. The highest BCUT2D eigenvalue weighted by Gasteiger charge is 2.34. The van der Waals surface area contributed by atoms with Gasteiger partial charge in [-0.25, -0.2) is 0 Å². The zero-order valence-electron chi connectivity index (χ0n) is 25.6. The number of likely N-dealkylation sites (N-methyl/N-ethyl adjacent to an activating group) is 1. The van der Waals surface area contributed by atoms with Crippen LogP contribution in [0.25, 0.3) is 22.0 Å². The molecule has 2 amide bonds. The number of amides is 2. The largest absolute Gasteiger partial charge is 0.394 e. The van der Waals surface area contributed by atoms with E-state index in [0.717, 1.165) is 33.2 Å². The SMILES string of the molecule is CO[C@H](C(=O)N(C)C[C@H]1OCc2ccccc2-c2c(n(C)c3ccccc23)C(=O)N([C@H](C)CO)C[C@H]1C)c1ccccc1. The standard InChI is InChI=1S/C35H41N3O5/c1-23-19-38(24(2)21-39)34(40)32-31(28-17-11-12-18-29(28)37(32)4)27-16-10-9-15-26(27)22-43-30(23)20-36(3)35(41)33(42-5)25-13-7-6-8-14-25/h6-18,23-24,30,33,39H,19-22H2,1-5H3/t23-,24-,30-,33+/m1/s1. The van der Waals surface area contributed by atoms with E-state index in [1.54, 1.807) is 16.8 Å². The molecule has 0 spiro atoms. The number of carbonyl (C=O) groups is 2. The maximum absolute atomic E-state index is 14.5. The lowest BCUT2D eigenvalue weighted by molar-refractivity contribution is -0.143. The van der Waals surface area contributed by atoms with Crippen molar-refractivity contribution >= 4 is 22.7 Å². The van der Waals surface area contributed by atoms with E-state index < -0.39 is 18.2 Å². The van der Waals surface area contributed by atoms with Crippen molar-refractivity contribution < 1.29 is 24.2 Å². The summed E-state index contributed by atoms with van der Waals surface area (Å²) in [5.41, 5.74) is 5.08. The molecule has 1 N–H and O–H groups in total. The normalized spacial score (nSPS) is 18.8. The average Bonchev–Trinajstić information content (AvgIpc) is 3.32. The third-order valence-electron chi connectivity index (χ3n) is 8.62. The van der Waals surface area contributed by atoms with Crippen LogP contribution in [0, 0.1) is 5.92 Å². The van der Waals surface area contributed by atoms with Gasteiger partial charge in [0.05, 0.1) is 25.4 Å². The van der Waals surface area contributed by atoms with Gasteiger partial charge in [-0.05, 0) is 29.7 Å². The van der Waals surface area contributed by atoms with Crippen LogP contribution in [0.2, 0.25) is 0 Å². The first-order valence-corrected chi connectivity index (χ1v) is 14.8. The molecule has 43 heavy (non-hydrogen) atoms. The zero-order chi connectivity index (χ0) is 30.7. The van der Waals surface area contributed by atoms with Gasteiger partial charge in [0.1, 0.15) is 5.69 Å². The Balaban J connectivity index is 1.55. The summed E-state index contributed by atoms with van der Waals surface area (Å²) in [5, 5.41) is 11.2. The second kappa shape index (κ2) is 13.1. The van der Waals surface area contributed by atoms with E-state index in [9.17, 15) is 14.7 Å². The first-order valence-electron chi connectivity index (χ1n) is 14.8. The number of aliphatic hydroxyl groups excluding tert-OH is 1. The van der Waals surface area contributed by atoms with Crippen molar-refractivity contribution in [2.45, 2.75) is 38.7 Å². The highest BCUT2D eigenvalue weighted by Crippen LogP contribution is 2.38. The van der Waals surface area contributed by atoms with Crippen molar-refractivity contribution in [2.24, 2.45) is 13.0 Å². The van der Waals surface area contributed by atoms with Crippen molar-refractivity contribution in [3.05, 3.63) is 95.7 Å². The fourth-order valence-corrected chi connectivity index (χ4v) is 6.09. The highest BCUT2D eigenvalue weighted by atomic mass is 16.5. The van der Waals surface area contributed by atoms with E-state index in [0.29, 0.717) is 25.4 Å². The maximum atomic E-state index is 14.5. The Hall–Kier alpha value is -3.98. The first-order chi connectivity index (χ1) is 20.8. The highest BCUT2D eigenvalue weighted by molar-refractivity contribution is 6.10. The monoisotopic (exact) mass is 583 g/mol. The molecule has 1 aliphatic heterocycles. The van der Waals surface area contributed by atoms with Crippen LogP contribution in [0.3, 0.4) is 0 Å². The number of para-hydroxylation sites is 1. The smallest absolute Gasteiger partial charge is 0.271 e. The van der Waals surface area contributed by atoms with Crippen molar-refractivity contribution in [3.63, 3.8) is 0 Å². The van der Waals surface area contributed by atoms with Crippen molar-refractivity contribution in [1.29, 1.82) is 0 Å². The van der Waals surface area contributed by atoms with Crippen LogP contribution in [0.4, 0.5) is 0 Å². The molecule has 1 aromatic heterocycles. The Morgan fingerprint density at radius 3 is 2.47 bits per heavy atom. The van der Waals surface area contributed by atoms with Gasteiger partial charge in [0.25, 0.3) is 11.8 Å². The molecule has 4 atom stereocenters. The molecular formula is C35H41N3O5. The molecule has 0 aliphatic carbocycles. The molecule has 0 bridgehead atoms. The molecule has 1 aliphatic rings. The number of benzene rings is 3. The van der Waals surface area contributed by atoms with Crippen molar-refractivity contribution in [2.75, 3.05) is 33.9 Å².